The van der Waals surface area contributed by atoms with Crippen LogP contribution >= 0.6 is 0 Å². The Labute approximate surface area is 199 Å². The van der Waals surface area contributed by atoms with Crippen molar-refractivity contribution in [1.82, 2.24) is 9.55 Å². The summed E-state index contributed by atoms with van der Waals surface area (Å²) in [6, 6.07) is 11.8. The molecule has 3 N–H and O–H groups in total. The SMILES string of the molecule is CC(C)(C)n1cc(C(=O)O)c(=O)c2cc3cc(F)c(N4CC(N)(c5ccccc5)C4)c(F)c3nc21. The number of aromatic nitrogens is 2. The van der Waals surface area contributed by atoms with Crippen LogP contribution in [0.5, 0.6) is 0 Å². The van der Waals surface area contributed by atoms with Gasteiger partial charge in [-0.15, -0.1) is 0 Å². The van der Waals surface area contributed by atoms with Gasteiger partial charge in [0.05, 0.1) is 10.9 Å². The highest BCUT2D eigenvalue weighted by Gasteiger charge is 2.43. The Balaban J connectivity index is 1.69. The highest BCUT2D eigenvalue weighted by Crippen LogP contribution is 2.39. The molecular weight excluding hydrogens is 454 g/mol. The summed E-state index contributed by atoms with van der Waals surface area (Å²) in [6.45, 7) is 5.87. The molecule has 5 rings (SSSR count). The molecule has 1 aliphatic heterocycles. The maximum atomic E-state index is 15.8. The molecule has 0 saturated carbocycles. The molecule has 0 amide bonds. The number of halogens is 2. The molecule has 3 heterocycles. The van der Waals surface area contributed by atoms with E-state index in [0.717, 1.165) is 11.6 Å². The number of carboxylic acids is 1. The molecule has 0 unspecified atom stereocenters. The van der Waals surface area contributed by atoms with Gasteiger partial charge in [-0.05, 0) is 38.5 Å². The van der Waals surface area contributed by atoms with Crippen molar-refractivity contribution < 1.29 is 18.7 Å². The van der Waals surface area contributed by atoms with Crippen LogP contribution in [0.3, 0.4) is 0 Å². The molecule has 0 radical (unpaired) electrons. The summed E-state index contributed by atoms with van der Waals surface area (Å²) < 4.78 is 32.4. The molecule has 2 aromatic heterocycles. The third-order valence-electron chi connectivity index (χ3n) is 6.50. The third kappa shape index (κ3) is 3.54. The van der Waals surface area contributed by atoms with Gasteiger partial charge in [0.25, 0.3) is 0 Å². The lowest BCUT2D eigenvalue weighted by atomic mass is 9.83. The lowest BCUT2D eigenvalue weighted by Gasteiger charge is -2.49. The lowest BCUT2D eigenvalue weighted by Crippen LogP contribution is -2.65. The van der Waals surface area contributed by atoms with Crippen molar-refractivity contribution in [2.24, 2.45) is 5.73 Å². The second-order valence-corrected chi connectivity index (χ2v) is 10.0. The smallest absolute Gasteiger partial charge is 0.341 e. The summed E-state index contributed by atoms with van der Waals surface area (Å²) >= 11 is 0. The third-order valence-corrected chi connectivity index (χ3v) is 6.50. The van der Waals surface area contributed by atoms with E-state index in [4.69, 9.17) is 5.73 Å². The van der Waals surface area contributed by atoms with Gasteiger partial charge in [0, 0.05) is 30.2 Å². The maximum absolute atomic E-state index is 15.8. The van der Waals surface area contributed by atoms with E-state index in [0.29, 0.717) is 0 Å². The average molecular weight is 478 g/mol. The van der Waals surface area contributed by atoms with Crippen LogP contribution in [0.1, 0.15) is 36.7 Å². The Bertz CT molecular complexity index is 1570. The largest absolute Gasteiger partial charge is 0.477 e. The van der Waals surface area contributed by atoms with Crippen LogP contribution in [0.15, 0.2) is 53.5 Å². The summed E-state index contributed by atoms with van der Waals surface area (Å²) in [5, 5.41) is 9.55. The van der Waals surface area contributed by atoms with Gasteiger partial charge in [-0.2, -0.15) is 0 Å². The second-order valence-electron chi connectivity index (χ2n) is 10.0. The fourth-order valence-corrected chi connectivity index (χ4v) is 4.67. The number of anilines is 1. The van der Waals surface area contributed by atoms with Gasteiger partial charge >= 0.3 is 5.97 Å². The fraction of sp³-hybridized carbons (Fsp3) is 0.269. The highest BCUT2D eigenvalue weighted by atomic mass is 19.1. The number of carbonyl (C=O) groups is 1. The second kappa shape index (κ2) is 7.58. The van der Waals surface area contributed by atoms with Crippen LogP contribution in [0.25, 0.3) is 21.9 Å². The number of fused-ring (bicyclic) bond motifs is 2. The van der Waals surface area contributed by atoms with Gasteiger partial charge in [0.2, 0.25) is 5.43 Å². The number of nitrogens with two attached hydrogens (primary N) is 1. The minimum Gasteiger partial charge on any atom is -0.477 e. The van der Waals surface area contributed by atoms with Crippen LogP contribution in [0.4, 0.5) is 14.5 Å². The molecular formula is C26H24F2N4O3. The van der Waals surface area contributed by atoms with Crippen molar-refractivity contribution >= 4 is 33.6 Å². The normalized spacial score (nSPS) is 15.4. The molecule has 1 fully saturated rings. The molecule has 0 atom stereocenters. The first-order chi connectivity index (χ1) is 16.4. The molecule has 0 aliphatic carbocycles. The first kappa shape index (κ1) is 22.9. The zero-order valence-electron chi connectivity index (χ0n) is 19.5. The van der Waals surface area contributed by atoms with E-state index >= 15 is 8.78 Å². The van der Waals surface area contributed by atoms with Crippen LogP contribution < -0.4 is 16.1 Å². The Morgan fingerprint density at radius 2 is 1.80 bits per heavy atom. The number of aromatic carboxylic acids is 1. The van der Waals surface area contributed by atoms with Gasteiger partial charge < -0.3 is 20.3 Å². The van der Waals surface area contributed by atoms with Crippen molar-refractivity contribution in [1.29, 1.82) is 0 Å². The monoisotopic (exact) mass is 478 g/mol. The van der Waals surface area contributed by atoms with E-state index in [1.54, 1.807) is 0 Å². The van der Waals surface area contributed by atoms with E-state index < -0.39 is 39.7 Å². The first-order valence-corrected chi connectivity index (χ1v) is 11.1. The predicted octanol–water partition coefficient (Wildman–Crippen LogP) is 3.96. The molecule has 9 heteroatoms. The summed E-state index contributed by atoms with van der Waals surface area (Å²) in [6.07, 6.45) is 1.21. The molecule has 2 aromatic carbocycles. The van der Waals surface area contributed by atoms with Gasteiger partial charge in [-0.1, -0.05) is 30.3 Å². The van der Waals surface area contributed by atoms with E-state index in [2.05, 4.69) is 4.98 Å². The number of pyridine rings is 2. The van der Waals surface area contributed by atoms with Gasteiger partial charge in [-0.3, -0.25) is 4.79 Å². The maximum Gasteiger partial charge on any atom is 0.341 e. The van der Waals surface area contributed by atoms with E-state index in [1.165, 1.54) is 21.7 Å². The Morgan fingerprint density at radius 1 is 1.14 bits per heavy atom. The fourth-order valence-electron chi connectivity index (χ4n) is 4.67. The van der Waals surface area contributed by atoms with Crippen LogP contribution in [-0.2, 0) is 11.1 Å². The predicted molar refractivity (Wildman–Crippen MR) is 130 cm³/mol. The number of nitrogens with zero attached hydrogens (tertiary/aromatic N) is 3. The Kier molecular flexibility index (Phi) is 4.96. The quantitative estimate of drug-likeness (QED) is 0.433. The van der Waals surface area contributed by atoms with E-state index in [-0.39, 0.29) is 40.7 Å². The summed E-state index contributed by atoms with van der Waals surface area (Å²) in [7, 11) is 0. The Morgan fingerprint density at radius 3 is 2.40 bits per heavy atom. The van der Waals surface area contributed by atoms with Crippen molar-refractivity contribution in [3.63, 3.8) is 0 Å². The number of carboxylic acid groups (broad SMARTS) is 1. The van der Waals surface area contributed by atoms with E-state index in [9.17, 15) is 14.7 Å². The molecule has 1 saturated heterocycles. The molecule has 180 valence electrons. The molecule has 1 aliphatic rings. The number of benzene rings is 2. The Hall–Kier alpha value is -3.85. The molecule has 0 bridgehead atoms. The zero-order chi connectivity index (χ0) is 25.3. The average Bonchev–Trinajstić information content (AvgIpc) is 2.77. The highest BCUT2D eigenvalue weighted by molar-refractivity contribution is 5.97. The van der Waals surface area contributed by atoms with Gasteiger partial charge in [0.1, 0.15) is 28.2 Å². The van der Waals surface area contributed by atoms with Crippen molar-refractivity contribution in [2.75, 3.05) is 18.0 Å². The lowest BCUT2D eigenvalue weighted by molar-refractivity contribution is 0.0694. The number of hydrogen-bond donors (Lipinski definition) is 2. The summed E-state index contributed by atoms with van der Waals surface area (Å²) in [4.78, 5) is 30.5. The number of rotatable bonds is 3. The molecule has 35 heavy (non-hydrogen) atoms. The molecule has 7 nitrogen and oxygen atoms in total. The molecule has 4 aromatic rings. The zero-order valence-corrected chi connectivity index (χ0v) is 19.5. The minimum absolute atomic E-state index is 0.0205. The van der Waals surface area contributed by atoms with Crippen molar-refractivity contribution in [2.45, 2.75) is 31.8 Å². The number of hydrogen-bond acceptors (Lipinski definition) is 5. The van der Waals surface area contributed by atoms with Gasteiger partial charge in [-0.25, -0.2) is 18.6 Å². The summed E-state index contributed by atoms with van der Waals surface area (Å²) in [5.41, 5.74) is 4.55. The minimum atomic E-state index is -1.39. The van der Waals surface area contributed by atoms with Crippen LogP contribution in [0.2, 0.25) is 0 Å². The van der Waals surface area contributed by atoms with Crippen LogP contribution in [-0.4, -0.2) is 33.7 Å². The molecule has 0 spiro atoms. The standard InChI is InChI=1S/C26H24F2N4O3/c1-25(2,3)32-11-17(24(34)35)22(33)16-9-14-10-18(27)21(19(28)20(14)30-23(16)32)31-12-26(29,13-31)15-7-5-4-6-8-15/h4-11H,12-13,29H2,1-3H3,(H,34,35). The topological polar surface area (TPSA) is 101 Å². The summed E-state index contributed by atoms with van der Waals surface area (Å²) in [5.74, 6) is -3.05. The van der Waals surface area contributed by atoms with Crippen molar-refractivity contribution in [3.8, 4) is 0 Å². The van der Waals surface area contributed by atoms with Crippen molar-refractivity contribution in [3.05, 3.63) is 81.6 Å². The van der Waals surface area contributed by atoms with E-state index in [1.807, 2.05) is 51.1 Å². The van der Waals surface area contributed by atoms with Gasteiger partial charge in [0.15, 0.2) is 5.82 Å². The first-order valence-electron chi connectivity index (χ1n) is 11.1. The van der Waals surface area contributed by atoms with Crippen LogP contribution in [0, 0.1) is 11.6 Å².